The summed E-state index contributed by atoms with van der Waals surface area (Å²) in [6, 6.07) is 0. The van der Waals surface area contributed by atoms with Gasteiger partial charge in [0.2, 0.25) is 0 Å². The molecule has 2 atom stereocenters. The minimum absolute atomic E-state index is 0.361. The molecule has 0 aromatic heterocycles. The van der Waals surface area contributed by atoms with Gasteiger partial charge in [0, 0.05) is 6.42 Å². The minimum atomic E-state index is -0.625. The van der Waals surface area contributed by atoms with Crippen LogP contribution >= 0.6 is 0 Å². The lowest BCUT2D eigenvalue weighted by Gasteiger charge is -2.01. The number of aliphatic hydroxyl groups excluding tert-OH is 1. The lowest BCUT2D eigenvalue weighted by atomic mass is 10.2. The lowest BCUT2D eigenvalue weighted by Crippen LogP contribution is -2.08. The molecule has 0 aromatic carbocycles. The smallest absolute Gasteiger partial charge is 0.0926 e. The van der Waals surface area contributed by atoms with Gasteiger partial charge in [-0.05, 0) is 13.8 Å². The third kappa shape index (κ3) is 5.92. The molecular weight excluding hydrogens is 92.1 g/mol. The molecule has 0 spiro atoms. The molecule has 2 heteroatoms. The first-order valence-electron chi connectivity index (χ1n) is 2.47. The average Bonchev–Trinajstić information content (AvgIpc) is 1.27. The van der Waals surface area contributed by atoms with Crippen LogP contribution in [0.1, 0.15) is 20.3 Å². The quantitative estimate of drug-likeness (QED) is 0.545. The number of hydrogen-bond donors (Lipinski definition) is 1. The zero-order chi connectivity index (χ0) is 5.86. The first kappa shape index (κ1) is 6.92. The summed E-state index contributed by atoms with van der Waals surface area (Å²) in [6.45, 7) is 3.17. The van der Waals surface area contributed by atoms with Crippen LogP contribution in [0.4, 0.5) is 0 Å². The molecule has 0 aliphatic rings. The van der Waals surface area contributed by atoms with E-state index < -0.39 is 12.2 Å². The summed E-state index contributed by atoms with van der Waals surface area (Å²) in [6.07, 6.45) is -0.701. The highest BCUT2D eigenvalue weighted by Crippen LogP contribution is 1.94. The zero-order valence-corrected chi connectivity index (χ0v) is 4.72. The average molecular weight is 103 g/mol. The van der Waals surface area contributed by atoms with Gasteiger partial charge in [0.1, 0.15) is 0 Å². The van der Waals surface area contributed by atoms with Crippen LogP contribution in [0.25, 0.3) is 0 Å². The summed E-state index contributed by atoms with van der Waals surface area (Å²) in [5.41, 5.74) is 0. The van der Waals surface area contributed by atoms with Crippen LogP contribution < -0.4 is 0 Å². The third-order valence-corrected chi connectivity index (χ3v) is 0.673. The molecule has 0 aromatic rings. The molecule has 1 radical (unpaired) electrons. The van der Waals surface area contributed by atoms with Crippen LogP contribution in [0.2, 0.25) is 0 Å². The van der Waals surface area contributed by atoms with Gasteiger partial charge in [0.15, 0.2) is 0 Å². The van der Waals surface area contributed by atoms with E-state index in [0.717, 1.165) is 0 Å². The molecule has 2 nitrogen and oxygen atoms in total. The van der Waals surface area contributed by atoms with Crippen molar-refractivity contribution in [1.82, 2.24) is 0 Å². The summed E-state index contributed by atoms with van der Waals surface area (Å²) in [5.74, 6) is 0. The zero-order valence-electron chi connectivity index (χ0n) is 4.72. The maximum atomic E-state index is 10.2. The van der Waals surface area contributed by atoms with E-state index in [4.69, 9.17) is 5.11 Å². The molecule has 0 fully saturated rings. The van der Waals surface area contributed by atoms with Crippen molar-refractivity contribution < 1.29 is 10.2 Å². The largest absolute Gasteiger partial charge is 0.393 e. The van der Waals surface area contributed by atoms with Gasteiger partial charge in [0.05, 0.1) is 12.2 Å². The van der Waals surface area contributed by atoms with Gasteiger partial charge in [-0.15, -0.1) is 0 Å². The molecule has 7 heavy (non-hydrogen) atoms. The Morgan fingerprint density at radius 1 is 1.57 bits per heavy atom. The monoisotopic (exact) mass is 103 g/mol. The van der Waals surface area contributed by atoms with E-state index in [2.05, 4.69) is 0 Å². The fourth-order valence-electron chi connectivity index (χ4n) is 0.480. The Kier molecular flexibility index (Phi) is 2.96. The highest BCUT2D eigenvalue weighted by Gasteiger charge is 2.00. The number of rotatable bonds is 2. The van der Waals surface area contributed by atoms with Crippen LogP contribution in [-0.2, 0) is 5.11 Å². The SMILES string of the molecule is C[C@@H]([O])C[C@@H](C)O. The van der Waals surface area contributed by atoms with Gasteiger partial charge >= 0.3 is 0 Å². The lowest BCUT2D eigenvalue weighted by molar-refractivity contribution is 0.0522. The van der Waals surface area contributed by atoms with Gasteiger partial charge in [-0.3, -0.25) is 0 Å². The van der Waals surface area contributed by atoms with Crippen LogP contribution in [0.5, 0.6) is 0 Å². The first-order chi connectivity index (χ1) is 3.13. The standard InChI is InChI=1S/C5H11O2/c1-4(6)3-5(2)7/h4-6H,3H2,1-2H3/t4-,5-/m1/s1. The van der Waals surface area contributed by atoms with E-state index in [1.807, 2.05) is 0 Å². The van der Waals surface area contributed by atoms with Crippen LogP contribution in [0, 0.1) is 0 Å². The second-order valence-corrected chi connectivity index (χ2v) is 1.90. The second kappa shape index (κ2) is 2.99. The molecule has 43 valence electrons. The maximum Gasteiger partial charge on any atom is 0.0926 e. The van der Waals surface area contributed by atoms with Gasteiger partial charge < -0.3 is 5.11 Å². The Bertz CT molecular complexity index is 35.3. The summed E-state index contributed by atoms with van der Waals surface area (Å²) < 4.78 is 0. The maximum absolute atomic E-state index is 10.2. The van der Waals surface area contributed by atoms with Gasteiger partial charge in [-0.25, -0.2) is 5.11 Å². The topological polar surface area (TPSA) is 40.1 Å². The molecule has 0 saturated carbocycles. The molecular formula is C5H11O2. The molecule has 0 amide bonds. The predicted molar refractivity (Wildman–Crippen MR) is 26.4 cm³/mol. The van der Waals surface area contributed by atoms with E-state index in [1.54, 1.807) is 13.8 Å². The fraction of sp³-hybridized carbons (Fsp3) is 1.00. The molecule has 0 aliphatic heterocycles. The minimum Gasteiger partial charge on any atom is -0.393 e. The number of hydrogen-bond acceptors (Lipinski definition) is 1. The third-order valence-electron chi connectivity index (χ3n) is 0.673. The van der Waals surface area contributed by atoms with Gasteiger partial charge in [-0.1, -0.05) is 0 Å². The van der Waals surface area contributed by atoms with Crippen LogP contribution in [0.15, 0.2) is 0 Å². The van der Waals surface area contributed by atoms with Gasteiger partial charge in [-0.2, -0.15) is 0 Å². The Labute approximate surface area is 43.8 Å². The Balaban J connectivity index is 2.95. The second-order valence-electron chi connectivity index (χ2n) is 1.90. The summed E-state index contributed by atoms with van der Waals surface area (Å²) in [5, 5.41) is 18.7. The van der Waals surface area contributed by atoms with Crippen molar-refractivity contribution in [3.8, 4) is 0 Å². The van der Waals surface area contributed by atoms with Crippen molar-refractivity contribution in [2.45, 2.75) is 32.5 Å². The molecule has 0 aliphatic carbocycles. The van der Waals surface area contributed by atoms with Crippen molar-refractivity contribution >= 4 is 0 Å². The summed E-state index contributed by atoms with van der Waals surface area (Å²) in [4.78, 5) is 0. The Morgan fingerprint density at radius 3 is 2.00 bits per heavy atom. The Hall–Kier alpha value is -0.0800. The van der Waals surface area contributed by atoms with E-state index in [9.17, 15) is 5.11 Å². The molecule has 0 bridgehead atoms. The van der Waals surface area contributed by atoms with Gasteiger partial charge in [0.25, 0.3) is 0 Å². The summed E-state index contributed by atoms with van der Waals surface area (Å²) >= 11 is 0. The van der Waals surface area contributed by atoms with Crippen molar-refractivity contribution in [1.29, 1.82) is 0 Å². The van der Waals surface area contributed by atoms with E-state index >= 15 is 0 Å². The molecule has 0 rings (SSSR count). The molecule has 0 heterocycles. The van der Waals surface area contributed by atoms with Crippen LogP contribution in [-0.4, -0.2) is 17.3 Å². The van der Waals surface area contributed by atoms with Crippen LogP contribution in [0.3, 0.4) is 0 Å². The molecule has 0 unspecified atom stereocenters. The molecule has 1 N–H and O–H groups in total. The van der Waals surface area contributed by atoms with Crippen molar-refractivity contribution in [2.24, 2.45) is 0 Å². The normalized spacial score (nSPS) is 18.9. The summed E-state index contributed by atoms with van der Waals surface area (Å²) in [7, 11) is 0. The highest BCUT2D eigenvalue weighted by atomic mass is 16.3. The van der Waals surface area contributed by atoms with E-state index in [0.29, 0.717) is 6.42 Å². The fourth-order valence-corrected chi connectivity index (χ4v) is 0.480. The predicted octanol–water partition coefficient (Wildman–Crippen LogP) is 0.576. The Morgan fingerprint density at radius 2 is 2.00 bits per heavy atom. The highest BCUT2D eigenvalue weighted by molar-refractivity contribution is 4.50. The van der Waals surface area contributed by atoms with E-state index in [1.165, 1.54) is 0 Å². The first-order valence-corrected chi connectivity index (χ1v) is 2.47. The van der Waals surface area contributed by atoms with Crippen molar-refractivity contribution in [2.75, 3.05) is 0 Å². The molecule has 0 saturated heterocycles. The van der Waals surface area contributed by atoms with Crippen molar-refractivity contribution in [3.05, 3.63) is 0 Å². The van der Waals surface area contributed by atoms with Crippen molar-refractivity contribution in [3.63, 3.8) is 0 Å². The number of aliphatic hydroxyl groups is 1. The van der Waals surface area contributed by atoms with E-state index in [-0.39, 0.29) is 0 Å².